The van der Waals surface area contributed by atoms with Gasteiger partial charge in [0, 0.05) is 38.1 Å². The van der Waals surface area contributed by atoms with Crippen LogP contribution in [0.5, 0.6) is 0 Å². The quantitative estimate of drug-likeness (QED) is 0.853. The minimum atomic E-state index is -0.250. The SMILES string of the molecule is Cc1cccc(-c2nccn2C2CCC(=O)N(C)C2)n1.O=CO. The molecule has 0 aromatic carbocycles. The van der Waals surface area contributed by atoms with Gasteiger partial charge in [-0.25, -0.2) is 9.97 Å². The number of nitrogens with zero attached hydrogens (tertiary/aromatic N) is 4. The summed E-state index contributed by atoms with van der Waals surface area (Å²) in [4.78, 5) is 30.7. The number of imidazole rings is 1. The Bertz CT molecular complexity index is 683. The van der Waals surface area contributed by atoms with Crippen LogP contribution < -0.4 is 0 Å². The van der Waals surface area contributed by atoms with Crippen molar-refractivity contribution < 1.29 is 14.7 Å². The molecule has 0 spiro atoms. The molecule has 23 heavy (non-hydrogen) atoms. The van der Waals surface area contributed by atoms with E-state index in [1.165, 1.54) is 0 Å². The molecule has 0 aliphatic carbocycles. The van der Waals surface area contributed by atoms with E-state index in [9.17, 15) is 4.79 Å². The first-order valence-corrected chi connectivity index (χ1v) is 7.35. The Morgan fingerprint density at radius 2 is 2.13 bits per heavy atom. The number of aromatic nitrogens is 3. The smallest absolute Gasteiger partial charge is 0.290 e. The van der Waals surface area contributed by atoms with E-state index in [1.807, 2.05) is 38.4 Å². The third kappa shape index (κ3) is 3.94. The van der Waals surface area contributed by atoms with Crippen molar-refractivity contribution in [2.75, 3.05) is 13.6 Å². The van der Waals surface area contributed by atoms with Gasteiger partial charge in [0.15, 0.2) is 5.82 Å². The van der Waals surface area contributed by atoms with E-state index in [1.54, 1.807) is 11.1 Å². The summed E-state index contributed by atoms with van der Waals surface area (Å²) in [6.45, 7) is 2.46. The fraction of sp³-hybridized carbons (Fsp3) is 0.375. The fourth-order valence-electron chi connectivity index (χ4n) is 2.69. The number of hydrogen-bond donors (Lipinski definition) is 1. The van der Waals surface area contributed by atoms with Gasteiger partial charge in [-0.3, -0.25) is 9.59 Å². The Balaban J connectivity index is 0.000000595. The molecule has 0 saturated carbocycles. The average Bonchev–Trinajstić information content (AvgIpc) is 3.00. The minimum absolute atomic E-state index is 0.219. The number of carboxylic acid groups (broad SMARTS) is 1. The average molecular weight is 316 g/mol. The van der Waals surface area contributed by atoms with Crippen molar-refractivity contribution >= 4 is 12.4 Å². The predicted octanol–water partition coefficient (Wildman–Crippen LogP) is 1.75. The van der Waals surface area contributed by atoms with Gasteiger partial charge >= 0.3 is 0 Å². The molecule has 0 bridgehead atoms. The third-order valence-corrected chi connectivity index (χ3v) is 3.78. The number of aryl methyl sites for hydroxylation is 1. The van der Waals surface area contributed by atoms with Crippen LogP contribution in [0.2, 0.25) is 0 Å². The summed E-state index contributed by atoms with van der Waals surface area (Å²) in [6, 6.07) is 6.22. The van der Waals surface area contributed by atoms with Crippen molar-refractivity contribution in [3.8, 4) is 11.5 Å². The Hall–Kier alpha value is -2.70. The second kappa shape index (κ2) is 7.53. The summed E-state index contributed by atoms with van der Waals surface area (Å²) in [7, 11) is 1.86. The van der Waals surface area contributed by atoms with Crippen molar-refractivity contribution in [2.24, 2.45) is 0 Å². The minimum Gasteiger partial charge on any atom is -0.483 e. The summed E-state index contributed by atoms with van der Waals surface area (Å²) in [5.74, 6) is 1.10. The van der Waals surface area contributed by atoms with Crippen molar-refractivity contribution in [3.63, 3.8) is 0 Å². The molecule has 1 fully saturated rings. The lowest BCUT2D eigenvalue weighted by atomic mass is 10.1. The van der Waals surface area contributed by atoms with Crippen LogP contribution in [-0.2, 0) is 9.59 Å². The van der Waals surface area contributed by atoms with Crippen LogP contribution in [0, 0.1) is 6.92 Å². The van der Waals surface area contributed by atoms with E-state index in [4.69, 9.17) is 9.90 Å². The Labute approximate surface area is 134 Å². The maximum atomic E-state index is 11.6. The van der Waals surface area contributed by atoms with Gasteiger partial charge in [-0.15, -0.1) is 0 Å². The first-order valence-electron chi connectivity index (χ1n) is 7.35. The third-order valence-electron chi connectivity index (χ3n) is 3.78. The zero-order valence-electron chi connectivity index (χ0n) is 13.2. The van der Waals surface area contributed by atoms with Gasteiger partial charge < -0.3 is 14.6 Å². The van der Waals surface area contributed by atoms with E-state index in [0.29, 0.717) is 6.42 Å². The molecular formula is C16H20N4O3. The molecule has 1 unspecified atom stereocenters. The van der Waals surface area contributed by atoms with Crippen molar-refractivity contribution in [1.82, 2.24) is 19.4 Å². The molecule has 1 N–H and O–H groups in total. The standard InChI is InChI=1S/C15H18N4O.CH2O2/c1-11-4-3-5-13(17-11)15-16-8-9-19(15)12-6-7-14(20)18(2)10-12;2-1-3/h3-5,8-9,12H,6-7,10H2,1-2H3;1H,(H,2,3). The summed E-state index contributed by atoms with van der Waals surface area (Å²) < 4.78 is 2.14. The normalized spacial score (nSPS) is 17.4. The number of hydrogen-bond acceptors (Lipinski definition) is 4. The lowest BCUT2D eigenvalue weighted by Gasteiger charge is -2.31. The molecule has 1 saturated heterocycles. The topological polar surface area (TPSA) is 88.3 Å². The highest BCUT2D eigenvalue weighted by atomic mass is 16.3. The Morgan fingerprint density at radius 1 is 1.39 bits per heavy atom. The van der Waals surface area contributed by atoms with Crippen LogP contribution in [0.4, 0.5) is 0 Å². The van der Waals surface area contributed by atoms with Gasteiger partial charge in [0.25, 0.3) is 6.47 Å². The highest BCUT2D eigenvalue weighted by molar-refractivity contribution is 5.76. The molecule has 3 rings (SSSR count). The molecule has 7 heteroatoms. The molecule has 1 atom stereocenters. The van der Waals surface area contributed by atoms with Gasteiger partial charge in [-0.2, -0.15) is 0 Å². The highest BCUT2D eigenvalue weighted by Crippen LogP contribution is 2.26. The Kier molecular flexibility index (Phi) is 5.46. The summed E-state index contributed by atoms with van der Waals surface area (Å²) >= 11 is 0. The summed E-state index contributed by atoms with van der Waals surface area (Å²) in [6.07, 6.45) is 5.24. The molecule has 0 radical (unpaired) electrons. The van der Waals surface area contributed by atoms with E-state index < -0.39 is 0 Å². The zero-order chi connectivity index (χ0) is 16.8. The van der Waals surface area contributed by atoms with E-state index >= 15 is 0 Å². The molecule has 2 aromatic heterocycles. The number of carbonyl (C=O) groups is 2. The predicted molar refractivity (Wildman–Crippen MR) is 84.8 cm³/mol. The highest BCUT2D eigenvalue weighted by Gasteiger charge is 2.25. The number of pyridine rings is 1. The molecule has 2 aromatic rings. The number of rotatable bonds is 2. The van der Waals surface area contributed by atoms with Crippen LogP contribution in [0.3, 0.4) is 0 Å². The van der Waals surface area contributed by atoms with Gasteiger partial charge in [0.1, 0.15) is 5.69 Å². The largest absolute Gasteiger partial charge is 0.483 e. The second-order valence-electron chi connectivity index (χ2n) is 5.39. The van der Waals surface area contributed by atoms with Crippen LogP contribution in [0.15, 0.2) is 30.6 Å². The molecule has 7 nitrogen and oxygen atoms in total. The van der Waals surface area contributed by atoms with Gasteiger partial charge in [0.05, 0.1) is 6.04 Å². The van der Waals surface area contributed by atoms with Gasteiger partial charge in [0.2, 0.25) is 5.91 Å². The van der Waals surface area contributed by atoms with Gasteiger partial charge in [-0.05, 0) is 25.5 Å². The zero-order valence-corrected chi connectivity index (χ0v) is 13.2. The maximum Gasteiger partial charge on any atom is 0.290 e. The molecule has 3 heterocycles. The first kappa shape index (κ1) is 16.7. The van der Waals surface area contributed by atoms with E-state index in [-0.39, 0.29) is 18.4 Å². The number of carbonyl (C=O) groups excluding carboxylic acids is 1. The molecule has 122 valence electrons. The lowest BCUT2D eigenvalue weighted by Crippen LogP contribution is -2.37. The molecule has 1 amide bonds. The Morgan fingerprint density at radius 3 is 2.78 bits per heavy atom. The molecule has 1 aliphatic heterocycles. The van der Waals surface area contributed by atoms with Crippen molar-refractivity contribution in [1.29, 1.82) is 0 Å². The van der Waals surface area contributed by atoms with Crippen LogP contribution in [0.1, 0.15) is 24.6 Å². The molecular weight excluding hydrogens is 296 g/mol. The van der Waals surface area contributed by atoms with Crippen LogP contribution in [0.25, 0.3) is 11.5 Å². The maximum absolute atomic E-state index is 11.6. The number of likely N-dealkylation sites (tertiary alicyclic amines) is 1. The first-order chi connectivity index (χ1) is 11.1. The van der Waals surface area contributed by atoms with Crippen molar-refractivity contribution in [2.45, 2.75) is 25.8 Å². The molecule has 1 aliphatic rings. The van der Waals surface area contributed by atoms with Crippen molar-refractivity contribution in [3.05, 3.63) is 36.3 Å². The summed E-state index contributed by atoms with van der Waals surface area (Å²) in [5, 5.41) is 6.89. The number of likely N-dealkylation sites (N-methyl/N-ethyl adjacent to an activating group) is 1. The number of amides is 1. The van der Waals surface area contributed by atoms with Crippen LogP contribution >= 0.6 is 0 Å². The second-order valence-corrected chi connectivity index (χ2v) is 5.39. The van der Waals surface area contributed by atoms with Gasteiger partial charge in [-0.1, -0.05) is 6.07 Å². The monoisotopic (exact) mass is 316 g/mol. The van der Waals surface area contributed by atoms with E-state index in [0.717, 1.165) is 30.2 Å². The lowest BCUT2D eigenvalue weighted by molar-refractivity contribution is -0.132. The van der Waals surface area contributed by atoms with Crippen LogP contribution in [-0.4, -0.2) is 50.5 Å². The fourth-order valence-corrected chi connectivity index (χ4v) is 2.69. The summed E-state index contributed by atoms with van der Waals surface area (Å²) in [5.41, 5.74) is 1.86. The van der Waals surface area contributed by atoms with E-state index in [2.05, 4.69) is 14.5 Å². The number of piperidine rings is 1.